The monoisotopic (exact) mass is 223 g/mol. The van der Waals surface area contributed by atoms with Gasteiger partial charge in [-0.05, 0) is 12.5 Å². The maximum atomic E-state index is 11.9. The molecule has 0 saturated carbocycles. The predicted molar refractivity (Wildman–Crippen MR) is 56.0 cm³/mol. The molecule has 1 fully saturated rings. The van der Waals surface area contributed by atoms with Gasteiger partial charge in [-0.3, -0.25) is 9.59 Å². The Morgan fingerprint density at radius 2 is 2.31 bits per heavy atom. The molecule has 0 radical (unpaired) electrons. The number of aromatic nitrogens is 2. The highest BCUT2D eigenvalue weighted by Gasteiger charge is 2.26. The van der Waals surface area contributed by atoms with Crippen LogP contribution in [-0.4, -0.2) is 44.9 Å². The smallest absolute Gasteiger partial charge is 0.274 e. The highest BCUT2D eigenvalue weighted by molar-refractivity contribution is 5.92. The highest BCUT2D eigenvalue weighted by atomic mass is 16.3. The van der Waals surface area contributed by atoms with Gasteiger partial charge in [-0.2, -0.15) is 5.10 Å². The lowest BCUT2D eigenvalue weighted by Gasteiger charge is -2.14. The van der Waals surface area contributed by atoms with Crippen LogP contribution in [0.2, 0.25) is 0 Å². The van der Waals surface area contributed by atoms with E-state index in [0.717, 1.165) is 4.68 Å². The number of aliphatic hydroxyl groups excluding tert-OH is 1. The number of β-amino-alcohol motifs (C(OH)–C–C–N with tert-alkyl or cyclic N) is 1. The molecule has 86 valence electrons. The third kappa shape index (κ3) is 1.96. The number of aliphatic hydroxyl groups is 1. The average Bonchev–Trinajstić information content (AvgIpc) is 2.68. The summed E-state index contributed by atoms with van der Waals surface area (Å²) >= 11 is 0. The molecule has 0 unspecified atom stereocenters. The van der Waals surface area contributed by atoms with E-state index in [0.29, 0.717) is 19.5 Å². The zero-order valence-corrected chi connectivity index (χ0v) is 8.96. The molecule has 1 saturated heterocycles. The Morgan fingerprint density at radius 3 is 2.88 bits per heavy atom. The summed E-state index contributed by atoms with van der Waals surface area (Å²) in [6.07, 6.45) is 0.147. The molecule has 1 aliphatic heterocycles. The van der Waals surface area contributed by atoms with Crippen LogP contribution in [0.15, 0.2) is 16.9 Å². The summed E-state index contributed by atoms with van der Waals surface area (Å²) in [4.78, 5) is 24.5. The molecule has 6 heteroatoms. The molecule has 1 aromatic rings. The van der Waals surface area contributed by atoms with Crippen molar-refractivity contribution in [2.45, 2.75) is 12.5 Å². The summed E-state index contributed by atoms with van der Waals surface area (Å²) in [5.41, 5.74) is -0.0193. The van der Waals surface area contributed by atoms with E-state index in [9.17, 15) is 14.7 Å². The van der Waals surface area contributed by atoms with Crippen molar-refractivity contribution in [3.05, 3.63) is 28.2 Å². The molecule has 1 amide bonds. The van der Waals surface area contributed by atoms with Crippen LogP contribution < -0.4 is 5.56 Å². The fraction of sp³-hybridized carbons (Fsp3) is 0.500. The number of hydrogen-bond donors (Lipinski definition) is 1. The van der Waals surface area contributed by atoms with Crippen molar-refractivity contribution in [1.29, 1.82) is 0 Å². The first-order valence-corrected chi connectivity index (χ1v) is 5.09. The Morgan fingerprint density at radius 1 is 1.56 bits per heavy atom. The Hall–Kier alpha value is -1.69. The Balaban J connectivity index is 2.21. The molecule has 1 atom stereocenters. The summed E-state index contributed by atoms with van der Waals surface area (Å²) in [5, 5.41) is 13.2. The van der Waals surface area contributed by atoms with Crippen LogP contribution in [0.1, 0.15) is 16.9 Å². The van der Waals surface area contributed by atoms with Crippen molar-refractivity contribution in [2.75, 3.05) is 13.1 Å². The van der Waals surface area contributed by atoms with E-state index in [4.69, 9.17) is 0 Å². The van der Waals surface area contributed by atoms with E-state index in [1.54, 1.807) is 0 Å². The molecule has 1 aliphatic rings. The summed E-state index contributed by atoms with van der Waals surface area (Å²) in [7, 11) is 1.50. The quantitative estimate of drug-likeness (QED) is 0.661. The van der Waals surface area contributed by atoms with Gasteiger partial charge in [0, 0.05) is 26.2 Å². The standard InChI is InChI=1S/C10H13N3O3/c1-12-9(15)3-2-8(11-12)10(16)13-5-4-7(14)6-13/h2-3,7,14H,4-6H2,1H3/t7-/m0/s1. The van der Waals surface area contributed by atoms with Crippen molar-refractivity contribution >= 4 is 5.91 Å². The van der Waals surface area contributed by atoms with Crippen LogP contribution in [0.25, 0.3) is 0 Å². The maximum absolute atomic E-state index is 11.9. The molecule has 16 heavy (non-hydrogen) atoms. The second-order valence-corrected chi connectivity index (χ2v) is 3.87. The second kappa shape index (κ2) is 4.05. The topological polar surface area (TPSA) is 75.4 Å². The summed E-state index contributed by atoms with van der Waals surface area (Å²) in [5.74, 6) is -0.243. The van der Waals surface area contributed by atoms with E-state index >= 15 is 0 Å². The van der Waals surface area contributed by atoms with Crippen molar-refractivity contribution in [3.8, 4) is 0 Å². The van der Waals surface area contributed by atoms with Crippen LogP contribution in [-0.2, 0) is 7.05 Å². The number of nitrogens with zero attached hydrogens (tertiary/aromatic N) is 3. The number of likely N-dealkylation sites (tertiary alicyclic amines) is 1. The first-order valence-electron chi connectivity index (χ1n) is 5.09. The number of rotatable bonds is 1. The van der Waals surface area contributed by atoms with Crippen LogP contribution in [0.5, 0.6) is 0 Å². The van der Waals surface area contributed by atoms with Crippen LogP contribution in [0.4, 0.5) is 0 Å². The molecule has 2 heterocycles. The molecule has 6 nitrogen and oxygen atoms in total. The minimum absolute atomic E-state index is 0.233. The lowest BCUT2D eigenvalue weighted by atomic mass is 10.3. The van der Waals surface area contributed by atoms with Crippen molar-refractivity contribution in [2.24, 2.45) is 7.05 Å². The van der Waals surface area contributed by atoms with Crippen LogP contribution in [0.3, 0.4) is 0 Å². The minimum Gasteiger partial charge on any atom is -0.391 e. The van der Waals surface area contributed by atoms with Gasteiger partial charge >= 0.3 is 0 Å². The first-order chi connectivity index (χ1) is 7.58. The van der Waals surface area contributed by atoms with Crippen molar-refractivity contribution in [1.82, 2.24) is 14.7 Å². The zero-order chi connectivity index (χ0) is 11.7. The molecule has 0 aromatic carbocycles. The highest BCUT2D eigenvalue weighted by Crippen LogP contribution is 2.11. The van der Waals surface area contributed by atoms with Crippen LogP contribution >= 0.6 is 0 Å². The molecule has 0 bridgehead atoms. The SMILES string of the molecule is Cn1nc(C(=O)N2CC[C@H](O)C2)ccc1=O. The van der Waals surface area contributed by atoms with Gasteiger partial charge in [0.1, 0.15) is 5.69 Å². The Kier molecular flexibility index (Phi) is 2.74. The van der Waals surface area contributed by atoms with Gasteiger partial charge in [0.25, 0.3) is 11.5 Å². The number of amides is 1. The zero-order valence-electron chi connectivity index (χ0n) is 8.96. The number of aryl methyl sites for hydroxylation is 1. The molecule has 0 spiro atoms. The largest absolute Gasteiger partial charge is 0.391 e. The maximum Gasteiger partial charge on any atom is 0.274 e. The van der Waals surface area contributed by atoms with Gasteiger partial charge in [0.2, 0.25) is 0 Å². The van der Waals surface area contributed by atoms with Gasteiger partial charge in [0.15, 0.2) is 0 Å². The van der Waals surface area contributed by atoms with E-state index in [1.165, 1.54) is 24.1 Å². The summed E-state index contributed by atoms with van der Waals surface area (Å²) < 4.78 is 1.12. The fourth-order valence-corrected chi connectivity index (χ4v) is 1.70. The van der Waals surface area contributed by atoms with Gasteiger partial charge in [-0.1, -0.05) is 0 Å². The second-order valence-electron chi connectivity index (χ2n) is 3.87. The first kappa shape index (κ1) is 10.8. The van der Waals surface area contributed by atoms with E-state index in [-0.39, 0.29) is 17.2 Å². The van der Waals surface area contributed by atoms with Crippen LogP contribution in [0, 0.1) is 0 Å². The molecule has 2 rings (SSSR count). The Bertz CT molecular complexity index is 469. The number of carbonyl (C=O) groups is 1. The van der Waals surface area contributed by atoms with E-state index in [2.05, 4.69) is 5.10 Å². The third-order valence-electron chi connectivity index (χ3n) is 2.63. The fourth-order valence-electron chi connectivity index (χ4n) is 1.70. The van der Waals surface area contributed by atoms with Gasteiger partial charge in [0.05, 0.1) is 6.10 Å². The van der Waals surface area contributed by atoms with E-state index < -0.39 is 6.10 Å². The molecule has 1 N–H and O–H groups in total. The Labute approximate surface area is 92.1 Å². The summed E-state index contributed by atoms with van der Waals surface area (Å²) in [6, 6.07) is 2.72. The van der Waals surface area contributed by atoms with Gasteiger partial charge in [-0.25, -0.2) is 4.68 Å². The van der Waals surface area contributed by atoms with Gasteiger partial charge < -0.3 is 10.0 Å². The van der Waals surface area contributed by atoms with Crippen molar-refractivity contribution < 1.29 is 9.90 Å². The predicted octanol–water partition coefficient (Wildman–Crippen LogP) is -1.01. The molecule has 1 aromatic heterocycles. The average molecular weight is 223 g/mol. The third-order valence-corrected chi connectivity index (χ3v) is 2.63. The lowest BCUT2D eigenvalue weighted by molar-refractivity contribution is 0.0756. The normalized spacial score (nSPS) is 20.1. The number of hydrogen-bond acceptors (Lipinski definition) is 4. The molecular formula is C10H13N3O3. The van der Waals surface area contributed by atoms with Gasteiger partial charge in [-0.15, -0.1) is 0 Å². The lowest BCUT2D eigenvalue weighted by Crippen LogP contribution is -2.32. The van der Waals surface area contributed by atoms with E-state index in [1.807, 2.05) is 0 Å². The molecule has 0 aliphatic carbocycles. The number of carbonyl (C=O) groups excluding carboxylic acids is 1. The minimum atomic E-state index is -0.448. The summed E-state index contributed by atoms with van der Waals surface area (Å²) in [6.45, 7) is 0.869. The molecular weight excluding hydrogens is 210 g/mol. The van der Waals surface area contributed by atoms with Crippen molar-refractivity contribution in [3.63, 3.8) is 0 Å².